The molecule has 1 aliphatic heterocycles. The second-order valence-corrected chi connectivity index (χ2v) is 7.02. The Balaban J connectivity index is 1.34. The van der Waals surface area contributed by atoms with Crippen molar-refractivity contribution in [1.29, 1.82) is 0 Å². The summed E-state index contributed by atoms with van der Waals surface area (Å²) in [7, 11) is 0. The molecule has 2 aromatic heterocycles. The van der Waals surface area contributed by atoms with E-state index in [4.69, 9.17) is 4.74 Å². The summed E-state index contributed by atoms with van der Waals surface area (Å²) < 4.78 is 5.62. The van der Waals surface area contributed by atoms with Gasteiger partial charge in [-0.05, 0) is 49.6 Å². The van der Waals surface area contributed by atoms with Crippen LogP contribution in [0.5, 0.6) is 5.75 Å². The largest absolute Gasteiger partial charge is 0.484 e. The summed E-state index contributed by atoms with van der Waals surface area (Å²) >= 11 is 0. The first-order valence-corrected chi connectivity index (χ1v) is 9.77. The molecule has 4 rings (SSSR count). The second-order valence-electron chi connectivity index (χ2n) is 7.02. The zero-order valence-electron chi connectivity index (χ0n) is 16.1. The Morgan fingerprint density at radius 3 is 2.86 bits per heavy atom. The first-order chi connectivity index (χ1) is 14.2. The Bertz CT molecular complexity index is 1010. The standard InChI is InChI=1S/C21H23N5O3/c27-19(26-10-2-1-3-11-26)14-29-16-7-4-6-15(12-16)21(28)23-13-18-17-8-5-9-22-20(17)25-24-18/h4-9,12H,1-3,10-11,13-14H2,(H,23,28)(H,22,24,25). The molecule has 29 heavy (non-hydrogen) atoms. The highest BCUT2D eigenvalue weighted by atomic mass is 16.5. The third-order valence-electron chi connectivity index (χ3n) is 5.00. The number of nitrogens with one attached hydrogen (secondary N) is 2. The first-order valence-electron chi connectivity index (χ1n) is 9.77. The summed E-state index contributed by atoms with van der Waals surface area (Å²) in [5, 5.41) is 10.8. The van der Waals surface area contributed by atoms with E-state index in [-0.39, 0.29) is 18.4 Å². The molecule has 3 heterocycles. The monoisotopic (exact) mass is 393 g/mol. The van der Waals surface area contributed by atoms with E-state index in [1.807, 2.05) is 17.0 Å². The van der Waals surface area contributed by atoms with Gasteiger partial charge in [-0.2, -0.15) is 5.10 Å². The van der Waals surface area contributed by atoms with Crippen LogP contribution in [0.4, 0.5) is 0 Å². The van der Waals surface area contributed by atoms with E-state index >= 15 is 0 Å². The molecule has 2 amide bonds. The predicted octanol–water partition coefficient (Wildman–Crippen LogP) is 2.28. The molecule has 0 bridgehead atoms. The average Bonchev–Trinajstić information content (AvgIpc) is 3.20. The Morgan fingerprint density at radius 1 is 1.14 bits per heavy atom. The number of rotatable bonds is 6. The highest BCUT2D eigenvalue weighted by molar-refractivity contribution is 5.94. The van der Waals surface area contributed by atoms with Crippen LogP contribution < -0.4 is 10.1 Å². The average molecular weight is 393 g/mol. The minimum Gasteiger partial charge on any atom is -0.484 e. The van der Waals surface area contributed by atoms with E-state index in [2.05, 4.69) is 20.5 Å². The number of amides is 2. The first kappa shape index (κ1) is 18.9. The van der Waals surface area contributed by atoms with E-state index in [0.29, 0.717) is 23.5 Å². The van der Waals surface area contributed by atoms with Crippen molar-refractivity contribution in [2.24, 2.45) is 0 Å². The van der Waals surface area contributed by atoms with Crippen molar-refractivity contribution in [3.63, 3.8) is 0 Å². The van der Waals surface area contributed by atoms with Gasteiger partial charge in [0.15, 0.2) is 12.3 Å². The molecule has 0 aliphatic carbocycles. The molecule has 0 saturated carbocycles. The van der Waals surface area contributed by atoms with E-state index in [0.717, 1.165) is 37.0 Å². The van der Waals surface area contributed by atoms with E-state index in [1.165, 1.54) is 6.42 Å². The van der Waals surface area contributed by atoms with Gasteiger partial charge in [0, 0.05) is 30.2 Å². The number of carbonyl (C=O) groups is 2. The molecule has 8 heteroatoms. The smallest absolute Gasteiger partial charge is 0.260 e. The van der Waals surface area contributed by atoms with Crippen LogP contribution in [0.3, 0.4) is 0 Å². The van der Waals surface area contributed by atoms with Crippen molar-refractivity contribution in [3.05, 3.63) is 53.9 Å². The summed E-state index contributed by atoms with van der Waals surface area (Å²) in [5.41, 5.74) is 1.88. The number of carbonyl (C=O) groups excluding carboxylic acids is 2. The maximum Gasteiger partial charge on any atom is 0.260 e. The quantitative estimate of drug-likeness (QED) is 0.669. The molecule has 1 fully saturated rings. The number of benzene rings is 1. The lowest BCUT2D eigenvalue weighted by Gasteiger charge is -2.26. The number of likely N-dealkylation sites (tertiary alicyclic amines) is 1. The molecule has 0 radical (unpaired) electrons. The van der Waals surface area contributed by atoms with Gasteiger partial charge in [0.1, 0.15) is 5.75 Å². The summed E-state index contributed by atoms with van der Waals surface area (Å²) in [6.45, 7) is 1.88. The fourth-order valence-corrected chi connectivity index (χ4v) is 3.41. The fourth-order valence-electron chi connectivity index (χ4n) is 3.41. The number of aromatic nitrogens is 3. The number of piperidine rings is 1. The zero-order valence-corrected chi connectivity index (χ0v) is 16.1. The van der Waals surface area contributed by atoms with Crippen molar-refractivity contribution in [2.45, 2.75) is 25.8 Å². The second kappa shape index (κ2) is 8.72. The zero-order chi connectivity index (χ0) is 20.1. The Morgan fingerprint density at radius 2 is 2.00 bits per heavy atom. The van der Waals surface area contributed by atoms with Crippen molar-refractivity contribution in [2.75, 3.05) is 19.7 Å². The summed E-state index contributed by atoms with van der Waals surface area (Å²) in [6.07, 6.45) is 4.94. The maximum absolute atomic E-state index is 12.5. The van der Waals surface area contributed by atoms with Gasteiger partial charge >= 0.3 is 0 Å². The van der Waals surface area contributed by atoms with Gasteiger partial charge < -0.3 is 15.0 Å². The molecule has 150 valence electrons. The molecule has 1 aliphatic rings. The molecule has 0 unspecified atom stereocenters. The van der Waals surface area contributed by atoms with E-state index in [1.54, 1.807) is 30.5 Å². The lowest BCUT2D eigenvalue weighted by atomic mass is 10.1. The number of fused-ring (bicyclic) bond motifs is 1. The minimum atomic E-state index is -0.232. The van der Waals surface area contributed by atoms with Crippen LogP contribution >= 0.6 is 0 Å². The van der Waals surface area contributed by atoms with E-state index in [9.17, 15) is 9.59 Å². The molecular formula is C21H23N5O3. The van der Waals surface area contributed by atoms with Crippen LogP contribution in [0.2, 0.25) is 0 Å². The Kier molecular flexibility index (Phi) is 5.69. The molecule has 2 N–H and O–H groups in total. The Labute approximate surface area is 168 Å². The van der Waals surface area contributed by atoms with Gasteiger partial charge in [-0.1, -0.05) is 6.07 Å². The van der Waals surface area contributed by atoms with Gasteiger partial charge in [-0.15, -0.1) is 0 Å². The van der Waals surface area contributed by atoms with Gasteiger partial charge in [0.25, 0.3) is 11.8 Å². The molecule has 0 atom stereocenters. The van der Waals surface area contributed by atoms with Gasteiger partial charge in [0.05, 0.1) is 12.2 Å². The molecule has 1 saturated heterocycles. The highest BCUT2D eigenvalue weighted by Crippen LogP contribution is 2.16. The summed E-state index contributed by atoms with van der Waals surface area (Å²) in [5.74, 6) is 0.253. The highest BCUT2D eigenvalue weighted by Gasteiger charge is 2.17. The van der Waals surface area contributed by atoms with Gasteiger partial charge in [-0.25, -0.2) is 4.98 Å². The predicted molar refractivity (Wildman–Crippen MR) is 107 cm³/mol. The third kappa shape index (κ3) is 4.53. The lowest BCUT2D eigenvalue weighted by Crippen LogP contribution is -2.38. The van der Waals surface area contributed by atoms with Crippen LogP contribution in [0.1, 0.15) is 35.3 Å². The van der Waals surface area contributed by atoms with Crippen LogP contribution in [0.15, 0.2) is 42.6 Å². The normalized spacial score (nSPS) is 14.0. The number of ether oxygens (including phenoxy) is 1. The number of nitrogens with zero attached hydrogens (tertiary/aromatic N) is 3. The number of pyridine rings is 1. The van der Waals surface area contributed by atoms with Crippen molar-refractivity contribution >= 4 is 22.8 Å². The van der Waals surface area contributed by atoms with Crippen molar-refractivity contribution < 1.29 is 14.3 Å². The molecule has 0 spiro atoms. The van der Waals surface area contributed by atoms with Gasteiger partial charge in [-0.3, -0.25) is 14.7 Å². The number of hydrogen-bond donors (Lipinski definition) is 2. The van der Waals surface area contributed by atoms with Crippen LogP contribution in [-0.4, -0.2) is 51.6 Å². The molecule has 8 nitrogen and oxygen atoms in total. The number of aromatic amines is 1. The van der Waals surface area contributed by atoms with E-state index < -0.39 is 0 Å². The van der Waals surface area contributed by atoms with Crippen LogP contribution in [0, 0.1) is 0 Å². The third-order valence-corrected chi connectivity index (χ3v) is 5.00. The minimum absolute atomic E-state index is 0.0145. The molecular weight excluding hydrogens is 370 g/mol. The summed E-state index contributed by atoms with van der Waals surface area (Å²) in [6, 6.07) is 10.6. The Hall–Kier alpha value is -3.42. The maximum atomic E-state index is 12.5. The SMILES string of the molecule is O=C(NCc1[nH]nc2ncccc12)c1cccc(OCC(=O)N2CCCCC2)c1. The van der Waals surface area contributed by atoms with Crippen LogP contribution in [0.25, 0.3) is 11.0 Å². The van der Waals surface area contributed by atoms with Crippen molar-refractivity contribution in [1.82, 2.24) is 25.4 Å². The topological polar surface area (TPSA) is 100 Å². The summed E-state index contributed by atoms with van der Waals surface area (Å²) in [4.78, 5) is 30.8. The number of H-pyrrole nitrogens is 1. The van der Waals surface area contributed by atoms with Crippen LogP contribution in [-0.2, 0) is 11.3 Å². The van der Waals surface area contributed by atoms with Gasteiger partial charge in [0.2, 0.25) is 0 Å². The van der Waals surface area contributed by atoms with Crippen molar-refractivity contribution in [3.8, 4) is 5.75 Å². The molecule has 3 aromatic rings. The lowest BCUT2D eigenvalue weighted by molar-refractivity contribution is -0.134. The fraction of sp³-hybridized carbons (Fsp3) is 0.333. The molecule has 1 aromatic carbocycles. The number of hydrogen-bond acceptors (Lipinski definition) is 5.